The molecular weight excluding hydrogens is 424 g/mol. The zero-order chi connectivity index (χ0) is 19.1. The highest BCUT2D eigenvalue weighted by atomic mass is 79.9. The second-order valence-electron chi connectivity index (χ2n) is 6.50. The van der Waals surface area contributed by atoms with E-state index in [1.54, 1.807) is 0 Å². The monoisotopic (exact) mass is 448 g/mol. The lowest BCUT2D eigenvalue weighted by atomic mass is 10.2. The Kier molecular flexibility index (Phi) is 7.50. The first-order chi connectivity index (χ1) is 13.2. The lowest BCUT2D eigenvalue weighted by molar-refractivity contribution is 0.0905. The molecule has 2 aromatic carbocycles. The highest BCUT2D eigenvalue weighted by Crippen LogP contribution is 2.25. The number of nitrogens with zero attached hydrogens (tertiary/aromatic N) is 1. The summed E-state index contributed by atoms with van der Waals surface area (Å²) in [6.45, 7) is 4.93. The van der Waals surface area contributed by atoms with Crippen molar-refractivity contribution in [3.63, 3.8) is 0 Å². The predicted molar refractivity (Wildman–Crippen MR) is 117 cm³/mol. The Labute approximate surface area is 175 Å². The van der Waals surface area contributed by atoms with Gasteiger partial charge < -0.3 is 19.7 Å². The first-order valence-corrected chi connectivity index (χ1v) is 10.5. The van der Waals surface area contributed by atoms with E-state index in [1.807, 2.05) is 43.3 Å². The van der Waals surface area contributed by atoms with Crippen LogP contribution in [-0.4, -0.2) is 35.9 Å². The van der Waals surface area contributed by atoms with E-state index in [1.165, 1.54) is 5.56 Å². The number of anilines is 1. The lowest BCUT2D eigenvalue weighted by Gasteiger charge is -2.29. The summed E-state index contributed by atoms with van der Waals surface area (Å²) in [5, 5.41) is 4.05. The van der Waals surface area contributed by atoms with Crippen molar-refractivity contribution in [3.8, 4) is 5.75 Å². The molecule has 1 N–H and O–H groups in total. The van der Waals surface area contributed by atoms with Crippen LogP contribution in [0.15, 0.2) is 53.0 Å². The van der Waals surface area contributed by atoms with E-state index in [4.69, 9.17) is 21.7 Å². The van der Waals surface area contributed by atoms with Crippen LogP contribution in [0.2, 0.25) is 0 Å². The minimum atomic E-state index is 0.221. The molecule has 1 fully saturated rings. The van der Waals surface area contributed by atoms with Crippen LogP contribution in [0.4, 0.5) is 5.69 Å². The molecule has 1 aliphatic rings. The van der Waals surface area contributed by atoms with Gasteiger partial charge in [-0.15, -0.1) is 0 Å². The van der Waals surface area contributed by atoms with Crippen molar-refractivity contribution in [1.82, 2.24) is 4.90 Å². The summed E-state index contributed by atoms with van der Waals surface area (Å²) in [6.07, 6.45) is 2.41. The second-order valence-corrected chi connectivity index (χ2v) is 7.81. The van der Waals surface area contributed by atoms with Crippen LogP contribution in [0.3, 0.4) is 0 Å². The zero-order valence-corrected chi connectivity index (χ0v) is 17.9. The van der Waals surface area contributed by atoms with Gasteiger partial charge in [0.15, 0.2) is 5.11 Å². The van der Waals surface area contributed by atoms with E-state index in [-0.39, 0.29) is 6.10 Å². The van der Waals surface area contributed by atoms with Crippen LogP contribution in [0.5, 0.6) is 5.75 Å². The van der Waals surface area contributed by atoms with Crippen LogP contribution in [0.25, 0.3) is 0 Å². The molecule has 27 heavy (non-hydrogen) atoms. The lowest BCUT2D eigenvalue weighted by Crippen LogP contribution is -2.39. The molecule has 0 radical (unpaired) electrons. The van der Waals surface area contributed by atoms with Gasteiger partial charge in [0.1, 0.15) is 5.75 Å². The fourth-order valence-electron chi connectivity index (χ4n) is 3.15. The predicted octanol–water partition coefficient (Wildman–Crippen LogP) is 5.23. The third-order valence-electron chi connectivity index (χ3n) is 4.43. The van der Waals surface area contributed by atoms with E-state index in [0.717, 1.165) is 48.4 Å². The van der Waals surface area contributed by atoms with Gasteiger partial charge in [0.25, 0.3) is 0 Å². The summed E-state index contributed by atoms with van der Waals surface area (Å²) in [7, 11) is 0. The zero-order valence-electron chi connectivity index (χ0n) is 15.5. The molecule has 1 unspecified atom stereocenters. The summed E-state index contributed by atoms with van der Waals surface area (Å²) in [6, 6.07) is 16.2. The summed E-state index contributed by atoms with van der Waals surface area (Å²) >= 11 is 9.31. The van der Waals surface area contributed by atoms with Gasteiger partial charge in [-0.05, 0) is 61.8 Å². The van der Waals surface area contributed by atoms with Crippen molar-refractivity contribution < 1.29 is 9.47 Å². The van der Waals surface area contributed by atoms with Crippen molar-refractivity contribution in [2.45, 2.75) is 32.4 Å². The van der Waals surface area contributed by atoms with E-state index < -0.39 is 0 Å². The topological polar surface area (TPSA) is 33.7 Å². The van der Waals surface area contributed by atoms with E-state index in [0.29, 0.717) is 11.7 Å². The quantitative estimate of drug-likeness (QED) is 0.586. The minimum absolute atomic E-state index is 0.221. The largest absolute Gasteiger partial charge is 0.492 e. The molecule has 6 heteroatoms. The normalized spacial score (nSPS) is 16.1. The van der Waals surface area contributed by atoms with Gasteiger partial charge in [-0.3, -0.25) is 0 Å². The summed E-state index contributed by atoms with van der Waals surface area (Å²) in [5.74, 6) is 0.807. The van der Waals surface area contributed by atoms with Crippen molar-refractivity contribution in [2.24, 2.45) is 0 Å². The number of benzene rings is 2. The van der Waals surface area contributed by atoms with E-state index >= 15 is 0 Å². The first-order valence-electron chi connectivity index (χ1n) is 9.29. The number of para-hydroxylation sites is 2. The van der Waals surface area contributed by atoms with Gasteiger partial charge in [-0.1, -0.05) is 40.2 Å². The summed E-state index contributed by atoms with van der Waals surface area (Å²) in [4.78, 5) is 2.18. The Morgan fingerprint density at radius 3 is 2.89 bits per heavy atom. The minimum Gasteiger partial charge on any atom is -0.492 e. The number of hydrogen-bond acceptors (Lipinski definition) is 3. The Morgan fingerprint density at radius 2 is 2.15 bits per heavy atom. The van der Waals surface area contributed by atoms with Crippen molar-refractivity contribution in [1.29, 1.82) is 0 Å². The molecule has 3 rings (SSSR count). The van der Waals surface area contributed by atoms with Gasteiger partial charge in [0, 0.05) is 24.2 Å². The molecule has 0 aliphatic carbocycles. The van der Waals surface area contributed by atoms with E-state index in [9.17, 15) is 0 Å². The highest BCUT2D eigenvalue weighted by Gasteiger charge is 2.21. The summed E-state index contributed by atoms with van der Waals surface area (Å²) < 4.78 is 12.6. The van der Waals surface area contributed by atoms with E-state index in [2.05, 4.69) is 38.3 Å². The number of hydrogen-bond donors (Lipinski definition) is 1. The van der Waals surface area contributed by atoms with Crippen LogP contribution < -0.4 is 10.1 Å². The molecule has 0 spiro atoms. The number of thiocarbonyl (C=S) groups is 1. The maximum Gasteiger partial charge on any atom is 0.173 e. The fraction of sp³-hybridized carbons (Fsp3) is 0.381. The molecule has 0 saturated carbocycles. The van der Waals surface area contributed by atoms with Crippen LogP contribution in [0, 0.1) is 0 Å². The Bertz CT molecular complexity index is 765. The molecule has 0 aromatic heterocycles. The van der Waals surface area contributed by atoms with Crippen LogP contribution in [-0.2, 0) is 11.3 Å². The molecule has 0 bridgehead atoms. The molecule has 1 heterocycles. The van der Waals surface area contributed by atoms with Gasteiger partial charge in [0.2, 0.25) is 0 Å². The smallest absolute Gasteiger partial charge is 0.173 e. The number of nitrogens with one attached hydrogen (secondary N) is 1. The molecule has 1 aliphatic heterocycles. The maximum atomic E-state index is 5.84. The van der Waals surface area contributed by atoms with Gasteiger partial charge >= 0.3 is 0 Å². The SMILES string of the molecule is CCOc1ccccc1NC(=S)N(Cc1cccc(Br)c1)CC1CCCO1. The average molecular weight is 449 g/mol. The first kappa shape index (κ1) is 20.1. The molecule has 1 saturated heterocycles. The second kappa shape index (κ2) is 10.1. The summed E-state index contributed by atoms with van der Waals surface area (Å²) in [5.41, 5.74) is 2.08. The molecular formula is C21H25BrN2O2S. The standard InChI is InChI=1S/C21H25BrN2O2S/c1-2-25-20-11-4-3-10-19(20)23-21(27)24(15-18-9-6-12-26-18)14-16-7-5-8-17(22)13-16/h3-5,7-8,10-11,13,18H,2,6,9,12,14-15H2,1H3,(H,23,27). The number of rotatable bonds is 7. The molecule has 144 valence electrons. The Balaban J connectivity index is 1.75. The third-order valence-corrected chi connectivity index (χ3v) is 5.28. The van der Waals surface area contributed by atoms with Crippen LogP contribution in [0.1, 0.15) is 25.3 Å². The van der Waals surface area contributed by atoms with Gasteiger partial charge in [0.05, 0.1) is 18.4 Å². The third kappa shape index (κ3) is 5.92. The Hall–Kier alpha value is -1.63. The van der Waals surface area contributed by atoms with Crippen molar-refractivity contribution >= 4 is 38.9 Å². The molecule has 2 aromatic rings. The van der Waals surface area contributed by atoms with Crippen LogP contribution >= 0.6 is 28.1 Å². The molecule has 0 amide bonds. The Morgan fingerprint density at radius 1 is 1.30 bits per heavy atom. The van der Waals surface area contributed by atoms with Crippen molar-refractivity contribution in [2.75, 3.05) is 25.1 Å². The van der Waals surface area contributed by atoms with Gasteiger partial charge in [-0.2, -0.15) is 0 Å². The van der Waals surface area contributed by atoms with Crippen molar-refractivity contribution in [3.05, 3.63) is 58.6 Å². The molecule has 1 atom stereocenters. The highest BCUT2D eigenvalue weighted by molar-refractivity contribution is 9.10. The van der Waals surface area contributed by atoms with Gasteiger partial charge in [-0.25, -0.2) is 0 Å². The fourth-order valence-corrected chi connectivity index (χ4v) is 3.85. The average Bonchev–Trinajstić information content (AvgIpc) is 3.16. The number of ether oxygens (including phenoxy) is 2. The number of halogens is 1. The molecule has 4 nitrogen and oxygen atoms in total. The maximum absolute atomic E-state index is 5.84.